The molecule has 0 aliphatic rings. The molecular formula is C20H24N2O3. The maximum absolute atomic E-state index is 12.6. The van der Waals surface area contributed by atoms with Crippen molar-refractivity contribution in [3.05, 3.63) is 53.4 Å². The highest BCUT2D eigenvalue weighted by Crippen LogP contribution is 2.25. The number of ether oxygens (including phenoxy) is 1. The van der Waals surface area contributed by atoms with Crippen LogP contribution in [0.25, 0.3) is 11.1 Å². The van der Waals surface area contributed by atoms with E-state index < -0.39 is 0 Å². The molecule has 0 saturated carbocycles. The molecule has 2 heterocycles. The van der Waals surface area contributed by atoms with Crippen LogP contribution in [-0.4, -0.2) is 24.1 Å². The van der Waals surface area contributed by atoms with Crippen molar-refractivity contribution in [3.63, 3.8) is 0 Å². The fourth-order valence-electron chi connectivity index (χ4n) is 2.95. The van der Waals surface area contributed by atoms with Crippen LogP contribution >= 0.6 is 0 Å². The summed E-state index contributed by atoms with van der Waals surface area (Å²) in [5, 5.41) is 2.99. The zero-order chi connectivity index (χ0) is 17.8. The van der Waals surface area contributed by atoms with Crippen LogP contribution in [-0.2, 0) is 6.54 Å². The van der Waals surface area contributed by atoms with Crippen molar-refractivity contribution < 1.29 is 13.9 Å². The number of furan rings is 1. The largest absolute Gasteiger partial charge is 0.497 e. The van der Waals surface area contributed by atoms with Gasteiger partial charge in [-0.1, -0.05) is 25.5 Å². The van der Waals surface area contributed by atoms with E-state index in [2.05, 4.69) is 12.2 Å². The molecule has 1 N–H and O–H groups in total. The normalized spacial score (nSPS) is 11.0. The number of hydrogen-bond donors (Lipinski definition) is 1. The van der Waals surface area contributed by atoms with E-state index in [1.54, 1.807) is 7.11 Å². The third-order valence-corrected chi connectivity index (χ3v) is 4.24. The second kappa shape index (κ2) is 7.47. The third kappa shape index (κ3) is 3.71. The Morgan fingerprint density at radius 3 is 2.88 bits per heavy atom. The Kier molecular flexibility index (Phi) is 5.12. The first-order valence-corrected chi connectivity index (χ1v) is 8.63. The molecule has 0 spiro atoms. The van der Waals surface area contributed by atoms with Gasteiger partial charge in [-0.05, 0) is 31.0 Å². The van der Waals surface area contributed by atoms with Crippen molar-refractivity contribution in [2.24, 2.45) is 0 Å². The molecule has 3 aromatic rings. The molecule has 25 heavy (non-hydrogen) atoms. The van der Waals surface area contributed by atoms with Crippen molar-refractivity contribution in [1.29, 1.82) is 0 Å². The number of methoxy groups -OCH3 is 1. The van der Waals surface area contributed by atoms with Crippen molar-refractivity contribution in [3.8, 4) is 5.75 Å². The van der Waals surface area contributed by atoms with E-state index in [1.807, 2.05) is 47.9 Å². The van der Waals surface area contributed by atoms with Gasteiger partial charge in [-0.15, -0.1) is 0 Å². The number of benzene rings is 1. The summed E-state index contributed by atoms with van der Waals surface area (Å²) in [4.78, 5) is 12.6. The molecule has 0 unspecified atom stereocenters. The zero-order valence-electron chi connectivity index (χ0n) is 15.0. The molecule has 0 radical (unpaired) electrons. The van der Waals surface area contributed by atoms with Crippen molar-refractivity contribution >= 4 is 17.0 Å². The summed E-state index contributed by atoms with van der Waals surface area (Å²) in [6.45, 7) is 5.28. The van der Waals surface area contributed by atoms with E-state index in [0.29, 0.717) is 18.8 Å². The van der Waals surface area contributed by atoms with E-state index >= 15 is 0 Å². The molecule has 5 heteroatoms. The molecule has 2 aromatic heterocycles. The highest BCUT2D eigenvalue weighted by molar-refractivity contribution is 5.97. The number of fused-ring (bicyclic) bond motifs is 1. The lowest BCUT2D eigenvalue weighted by molar-refractivity contribution is 0.0944. The summed E-state index contributed by atoms with van der Waals surface area (Å²) >= 11 is 0. The lowest BCUT2D eigenvalue weighted by atomic mass is 10.2. The predicted molar refractivity (Wildman–Crippen MR) is 98.3 cm³/mol. The number of aryl methyl sites for hydroxylation is 1. The first-order valence-electron chi connectivity index (χ1n) is 8.63. The maximum Gasteiger partial charge on any atom is 0.268 e. The van der Waals surface area contributed by atoms with Gasteiger partial charge in [-0.2, -0.15) is 0 Å². The molecule has 0 fully saturated rings. The number of rotatable bonds is 7. The Morgan fingerprint density at radius 2 is 2.12 bits per heavy atom. The fourth-order valence-corrected chi connectivity index (χ4v) is 2.95. The number of nitrogens with zero attached hydrogens (tertiary/aromatic N) is 1. The topological polar surface area (TPSA) is 56.4 Å². The first-order chi connectivity index (χ1) is 12.1. The van der Waals surface area contributed by atoms with Crippen LogP contribution in [0.4, 0.5) is 0 Å². The number of amides is 1. The average Bonchev–Trinajstić information content (AvgIpc) is 3.12. The van der Waals surface area contributed by atoms with Crippen LogP contribution < -0.4 is 10.1 Å². The van der Waals surface area contributed by atoms with Gasteiger partial charge in [0.25, 0.3) is 5.91 Å². The van der Waals surface area contributed by atoms with Gasteiger partial charge in [0.1, 0.15) is 17.2 Å². The van der Waals surface area contributed by atoms with Crippen LogP contribution in [0.15, 0.2) is 40.8 Å². The quantitative estimate of drug-likeness (QED) is 0.658. The highest BCUT2D eigenvalue weighted by Gasteiger charge is 2.18. The number of hydrogen-bond acceptors (Lipinski definition) is 3. The Morgan fingerprint density at radius 1 is 1.28 bits per heavy atom. The Balaban J connectivity index is 1.95. The molecule has 1 amide bonds. The number of carbonyl (C=O) groups is 1. The van der Waals surface area contributed by atoms with Gasteiger partial charge >= 0.3 is 0 Å². The summed E-state index contributed by atoms with van der Waals surface area (Å²) in [6, 6.07) is 11.7. The van der Waals surface area contributed by atoms with Crippen LogP contribution in [0.5, 0.6) is 5.75 Å². The molecule has 3 rings (SSSR count). The third-order valence-electron chi connectivity index (χ3n) is 4.24. The summed E-state index contributed by atoms with van der Waals surface area (Å²) in [5.74, 6) is 1.57. The number of unbranched alkanes of at least 4 members (excludes halogenated alkanes) is 1. The number of aromatic nitrogens is 1. The van der Waals surface area contributed by atoms with E-state index in [1.165, 1.54) is 0 Å². The van der Waals surface area contributed by atoms with Gasteiger partial charge in [0.2, 0.25) is 0 Å². The van der Waals surface area contributed by atoms with Gasteiger partial charge < -0.3 is 19.0 Å². The van der Waals surface area contributed by atoms with Gasteiger partial charge in [-0.3, -0.25) is 4.79 Å². The second-order valence-electron chi connectivity index (χ2n) is 6.18. The van der Waals surface area contributed by atoms with Crippen LogP contribution in [0.2, 0.25) is 0 Å². The van der Waals surface area contributed by atoms with E-state index in [0.717, 1.165) is 41.0 Å². The van der Waals surface area contributed by atoms with Crippen molar-refractivity contribution in [1.82, 2.24) is 9.88 Å². The molecule has 0 saturated heterocycles. The molecule has 0 bridgehead atoms. The van der Waals surface area contributed by atoms with Gasteiger partial charge in [0.15, 0.2) is 5.58 Å². The fraction of sp³-hybridized carbons (Fsp3) is 0.350. The smallest absolute Gasteiger partial charge is 0.268 e. The standard InChI is InChI=1S/C20H24N2O3/c1-4-5-9-21-20(23)18-12-19-17(10-14(2)25-19)22(18)13-15-7-6-8-16(11-15)24-3/h6-8,10-12H,4-5,9,13H2,1-3H3,(H,21,23). The minimum absolute atomic E-state index is 0.0691. The molecule has 0 aliphatic carbocycles. The van der Waals surface area contributed by atoms with Gasteiger partial charge in [0.05, 0.1) is 12.6 Å². The molecule has 132 valence electrons. The Hall–Kier alpha value is -2.69. The average molecular weight is 340 g/mol. The monoisotopic (exact) mass is 340 g/mol. The van der Waals surface area contributed by atoms with Crippen molar-refractivity contribution in [2.75, 3.05) is 13.7 Å². The van der Waals surface area contributed by atoms with E-state index in [9.17, 15) is 4.79 Å². The molecule has 0 atom stereocenters. The summed E-state index contributed by atoms with van der Waals surface area (Å²) < 4.78 is 13.0. The summed E-state index contributed by atoms with van der Waals surface area (Å²) in [6.07, 6.45) is 2.02. The van der Waals surface area contributed by atoms with E-state index in [-0.39, 0.29) is 5.91 Å². The molecular weight excluding hydrogens is 316 g/mol. The minimum atomic E-state index is -0.0691. The molecule has 5 nitrogen and oxygen atoms in total. The number of carbonyl (C=O) groups excluding carboxylic acids is 1. The van der Waals surface area contributed by atoms with Crippen molar-refractivity contribution in [2.45, 2.75) is 33.2 Å². The lowest BCUT2D eigenvalue weighted by Crippen LogP contribution is -2.27. The zero-order valence-corrected chi connectivity index (χ0v) is 15.0. The van der Waals surface area contributed by atoms with E-state index in [4.69, 9.17) is 9.15 Å². The number of nitrogens with one attached hydrogen (secondary N) is 1. The Labute approximate surface area is 147 Å². The second-order valence-corrected chi connectivity index (χ2v) is 6.18. The van der Waals surface area contributed by atoms with Crippen LogP contribution in [0.3, 0.4) is 0 Å². The van der Waals surface area contributed by atoms with Gasteiger partial charge in [-0.25, -0.2) is 0 Å². The molecule has 0 aliphatic heterocycles. The van der Waals surface area contributed by atoms with Gasteiger partial charge in [0, 0.05) is 25.2 Å². The maximum atomic E-state index is 12.6. The summed E-state index contributed by atoms with van der Waals surface area (Å²) in [7, 11) is 1.65. The van der Waals surface area contributed by atoms with Crippen LogP contribution in [0.1, 0.15) is 41.6 Å². The highest BCUT2D eigenvalue weighted by atomic mass is 16.5. The Bertz CT molecular complexity index is 876. The first kappa shape index (κ1) is 17.1. The van der Waals surface area contributed by atoms with Crippen LogP contribution in [0, 0.1) is 6.92 Å². The minimum Gasteiger partial charge on any atom is -0.497 e. The molecule has 1 aromatic carbocycles. The predicted octanol–water partition coefficient (Wildman–Crippen LogP) is 4.13. The summed E-state index contributed by atoms with van der Waals surface area (Å²) in [5.41, 5.74) is 3.35. The SMILES string of the molecule is CCCCNC(=O)c1cc2oc(C)cc2n1Cc1cccc(OC)c1. The lowest BCUT2D eigenvalue weighted by Gasteiger charge is -2.11.